The van der Waals surface area contributed by atoms with Crippen LogP contribution in [0.15, 0.2) is 23.4 Å². The summed E-state index contributed by atoms with van der Waals surface area (Å²) in [5, 5.41) is 16.4. The summed E-state index contributed by atoms with van der Waals surface area (Å²) in [5.74, 6) is -2.53. The van der Waals surface area contributed by atoms with Gasteiger partial charge in [0.1, 0.15) is 0 Å². The van der Waals surface area contributed by atoms with Crippen LogP contribution in [0.1, 0.15) is 6.92 Å². The molecule has 0 unspecified atom stereocenters. The van der Waals surface area contributed by atoms with E-state index in [1.165, 1.54) is 6.92 Å². The van der Waals surface area contributed by atoms with Crippen LogP contribution in [-0.2, 0) is 30.6 Å². The molecule has 0 saturated heterocycles. The Morgan fingerprint density at radius 2 is 1.41 bits per heavy atom. The summed E-state index contributed by atoms with van der Waals surface area (Å²) in [7, 11) is 0. The second-order valence-corrected chi connectivity index (χ2v) is 2.35. The van der Waals surface area contributed by atoms with Gasteiger partial charge in [0.2, 0.25) is 11.8 Å². The summed E-state index contributed by atoms with van der Waals surface area (Å²) in [6, 6.07) is 0. The quantitative estimate of drug-likeness (QED) is 0.247. The van der Waals surface area contributed by atoms with Gasteiger partial charge in [0.05, 0.1) is 11.6 Å². The second kappa shape index (κ2) is 12.1. The molecule has 0 atom stereocenters. The average molecular weight is 285 g/mol. The van der Waals surface area contributed by atoms with E-state index in [1.54, 1.807) is 0 Å². The summed E-state index contributed by atoms with van der Waals surface area (Å²) in [6.07, 6.45) is 0.722. The van der Waals surface area contributed by atoms with E-state index in [9.17, 15) is 9.59 Å². The molecule has 10 N–H and O–H groups in total. The Labute approximate surface area is 106 Å². The fourth-order valence-corrected chi connectivity index (χ4v) is 0.272. The van der Waals surface area contributed by atoms with E-state index < -0.39 is 23.6 Å². The standard InChI is InChI=1S/C4H8N2O2.C3H6N2O2.O.V/c1-2(3(5)7)4(6)8;4-2(6)1-3(5)7;;/h7H,5H2,1H3,(H2,6,8);1,6H,4H2,(H2,5,7);;/b3-2-;2-1-;;. The van der Waals surface area contributed by atoms with Gasteiger partial charge in [-0.25, -0.2) is 0 Å². The van der Waals surface area contributed by atoms with Crippen LogP contribution in [0.2, 0.25) is 0 Å². The van der Waals surface area contributed by atoms with Crippen LogP contribution in [0.3, 0.4) is 0 Å². The molecule has 0 aromatic rings. The SMILES string of the molecule is C/C(C(N)=O)=C(\N)O.NC(=O)/C=C(/N)O.[O]=[V]. The van der Waals surface area contributed by atoms with Crippen molar-refractivity contribution in [1.82, 2.24) is 0 Å². The number of aliphatic hydroxyl groups is 2. The molecule has 0 aromatic heterocycles. The number of carbonyl (C=O) groups excluding carboxylic acids is 2. The molecule has 0 aromatic carbocycles. The van der Waals surface area contributed by atoms with Crippen molar-refractivity contribution in [2.75, 3.05) is 0 Å². The molecule has 2 amide bonds. The van der Waals surface area contributed by atoms with Gasteiger partial charge in [-0.1, -0.05) is 0 Å². The molecule has 0 bridgehead atoms. The molecule has 0 aliphatic rings. The van der Waals surface area contributed by atoms with E-state index in [1.807, 2.05) is 0 Å². The maximum absolute atomic E-state index is 10.1. The molecule has 9 nitrogen and oxygen atoms in total. The predicted octanol–water partition coefficient (Wildman–Crippen LogP) is -2.07. The van der Waals surface area contributed by atoms with Gasteiger partial charge >= 0.3 is 21.0 Å². The first-order valence-corrected chi connectivity index (χ1v) is 4.34. The van der Waals surface area contributed by atoms with E-state index in [0.29, 0.717) is 0 Å². The van der Waals surface area contributed by atoms with Gasteiger partial charge in [-0.05, 0) is 6.92 Å². The minimum absolute atomic E-state index is 0.00926. The third-order valence-corrected chi connectivity index (χ3v) is 1.04. The van der Waals surface area contributed by atoms with Crippen LogP contribution in [0, 0.1) is 0 Å². The molecule has 0 aliphatic heterocycles. The van der Waals surface area contributed by atoms with Crippen LogP contribution in [-0.4, -0.2) is 22.0 Å². The Hall–Kier alpha value is -2.00. The van der Waals surface area contributed by atoms with Gasteiger partial charge in [0.25, 0.3) is 0 Å². The number of amides is 2. The molecule has 0 aliphatic carbocycles. The number of hydrogen-bond acceptors (Lipinski definition) is 7. The number of hydrogen-bond donors (Lipinski definition) is 6. The number of primary amides is 2. The third-order valence-electron chi connectivity index (χ3n) is 1.04. The fourth-order valence-electron chi connectivity index (χ4n) is 0.272. The van der Waals surface area contributed by atoms with Crippen LogP contribution in [0.25, 0.3) is 0 Å². The summed E-state index contributed by atoms with van der Waals surface area (Å²) in [6.45, 7) is 1.34. The van der Waals surface area contributed by atoms with Crippen molar-refractivity contribution in [3.05, 3.63) is 23.4 Å². The van der Waals surface area contributed by atoms with Gasteiger partial charge in [-0.3, -0.25) is 9.59 Å². The third kappa shape index (κ3) is 20.2. The zero-order valence-electron chi connectivity index (χ0n) is 8.95. The molecule has 10 heteroatoms. The molecule has 0 spiro atoms. The van der Waals surface area contributed by atoms with Crippen molar-refractivity contribution in [3.63, 3.8) is 0 Å². The number of rotatable bonds is 2. The Morgan fingerprint density at radius 3 is 1.41 bits per heavy atom. The van der Waals surface area contributed by atoms with Crippen molar-refractivity contribution in [2.24, 2.45) is 22.9 Å². The van der Waals surface area contributed by atoms with E-state index in [0.717, 1.165) is 23.4 Å². The summed E-state index contributed by atoms with van der Waals surface area (Å²) >= 11 is 1.06. The van der Waals surface area contributed by atoms with Crippen LogP contribution >= 0.6 is 0 Å². The Kier molecular flexibility index (Phi) is 14.5. The molecule has 0 rings (SSSR count). The zero-order chi connectivity index (χ0) is 14.6. The topological polar surface area (TPSA) is 196 Å². The predicted molar refractivity (Wildman–Crippen MR) is 53.5 cm³/mol. The van der Waals surface area contributed by atoms with Crippen molar-refractivity contribution >= 4 is 11.8 Å². The fraction of sp³-hybridized carbons (Fsp3) is 0.143. The van der Waals surface area contributed by atoms with Gasteiger partial charge in [0, 0.05) is 0 Å². The summed E-state index contributed by atoms with van der Waals surface area (Å²) in [4.78, 5) is 19.8. The Morgan fingerprint density at radius 1 is 1.06 bits per heavy atom. The molecule has 17 heavy (non-hydrogen) atoms. The van der Waals surface area contributed by atoms with Crippen LogP contribution in [0.4, 0.5) is 0 Å². The second-order valence-electron chi connectivity index (χ2n) is 2.35. The number of aliphatic hydroxyl groups excluding tert-OH is 2. The summed E-state index contributed by atoms with van der Waals surface area (Å²) in [5.41, 5.74) is 18.6. The molecule has 0 heterocycles. The number of carbonyl (C=O) groups is 2. The van der Waals surface area contributed by atoms with Crippen molar-refractivity contribution in [2.45, 2.75) is 6.92 Å². The van der Waals surface area contributed by atoms with Gasteiger partial charge in [-0.15, -0.1) is 0 Å². The van der Waals surface area contributed by atoms with Crippen LogP contribution in [0.5, 0.6) is 0 Å². The molecular weight excluding hydrogens is 271 g/mol. The van der Waals surface area contributed by atoms with E-state index in [2.05, 4.69) is 11.5 Å². The first-order valence-electron chi connectivity index (χ1n) is 3.77. The van der Waals surface area contributed by atoms with Gasteiger partial charge < -0.3 is 33.1 Å². The normalized spacial score (nSPS) is 10.7. The number of nitrogens with two attached hydrogens (primary N) is 4. The van der Waals surface area contributed by atoms with Crippen molar-refractivity contribution in [3.8, 4) is 0 Å². The first-order chi connectivity index (χ1) is 7.68. The molecular formula is C7H14N4O5V. The molecule has 0 saturated carbocycles. The Bertz CT molecular complexity index is 320. The van der Waals surface area contributed by atoms with E-state index in [-0.39, 0.29) is 5.57 Å². The molecule has 0 fully saturated rings. The van der Waals surface area contributed by atoms with Gasteiger partial charge in [-0.2, -0.15) is 0 Å². The maximum atomic E-state index is 10.1. The van der Waals surface area contributed by atoms with Crippen molar-refractivity contribution in [1.29, 1.82) is 0 Å². The van der Waals surface area contributed by atoms with E-state index >= 15 is 0 Å². The van der Waals surface area contributed by atoms with Gasteiger partial charge in [0.15, 0.2) is 11.8 Å². The van der Waals surface area contributed by atoms with E-state index in [4.69, 9.17) is 25.4 Å². The van der Waals surface area contributed by atoms with Crippen LogP contribution < -0.4 is 22.9 Å². The average Bonchev–Trinajstić information content (AvgIpc) is 2.18. The van der Waals surface area contributed by atoms with Crippen molar-refractivity contribution < 1.29 is 40.8 Å². The minimum atomic E-state index is -0.750. The summed E-state index contributed by atoms with van der Waals surface area (Å²) < 4.78 is 8.19. The zero-order valence-corrected chi connectivity index (χ0v) is 10.3. The monoisotopic (exact) mass is 285 g/mol. The Balaban J connectivity index is -0.000000202. The molecule has 0 radical (unpaired) electrons. The first kappa shape index (κ1) is 20.4. The molecule has 97 valence electrons.